The van der Waals surface area contributed by atoms with Crippen LogP contribution in [0.25, 0.3) is 0 Å². The summed E-state index contributed by atoms with van der Waals surface area (Å²) in [7, 11) is 4.15. The molecule has 1 aliphatic heterocycles. The SMILES string of the molecule is CN(Cc1cccc(C#N)c1F)CC1CCCN1C. The van der Waals surface area contributed by atoms with E-state index >= 15 is 0 Å². The Balaban J connectivity index is 1.99. The number of likely N-dealkylation sites (tertiary alicyclic amines) is 1. The highest BCUT2D eigenvalue weighted by Gasteiger charge is 2.22. The fourth-order valence-electron chi connectivity index (χ4n) is 2.71. The Kier molecular flexibility index (Phi) is 4.52. The van der Waals surface area contributed by atoms with Crippen LogP contribution in [-0.2, 0) is 6.54 Å². The fraction of sp³-hybridized carbons (Fsp3) is 0.533. The normalized spacial score (nSPS) is 19.8. The van der Waals surface area contributed by atoms with Crippen molar-refractivity contribution in [1.82, 2.24) is 9.80 Å². The molecule has 0 radical (unpaired) electrons. The van der Waals surface area contributed by atoms with Crippen LogP contribution in [0, 0.1) is 17.1 Å². The molecule has 3 nitrogen and oxygen atoms in total. The van der Waals surface area contributed by atoms with Crippen LogP contribution in [0.5, 0.6) is 0 Å². The van der Waals surface area contributed by atoms with E-state index in [1.807, 2.05) is 13.1 Å². The average Bonchev–Trinajstić information content (AvgIpc) is 2.78. The summed E-state index contributed by atoms with van der Waals surface area (Å²) < 4.78 is 14.0. The molecule has 0 bridgehead atoms. The predicted molar refractivity (Wildman–Crippen MR) is 73.1 cm³/mol. The lowest BCUT2D eigenvalue weighted by atomic mass is 10.1. The van der Waals surface area contributed by atoms with Crippen LogP contribution in [0.2, 0.25) is 0 Å². The van der Waals surface area contributed by atoms with Crippen LogP contribution >= 0.6 is 0 Å². The van der Waals surface area contributed by atoms with Crippen molar-refractivity contribution in [3.05, 3.63) is 35.1 Å². The number of hydrogen-bond acceptors (Lipinski definition) is 3. The molecule has 0 spiro atoms. The second kappa shape index (κ2) is 6.14. The Morgan fingerprint density at radius 2 is 2.32 bits per heavy atom. The van der Waals surface area contributed by atoms with Gasteiger partial charge in [-0.05, 0) is 39.5 Å². The number of rotatable bonds is 4. The van der Waals surface area contributed by atoms with E-state index in [0.717, 1.165) is 13.1 Å². The maximum Gasteiger partial charge on any atom is 0.145 e. The summed E-state index contributed by atoms with van der Waals surface area (Å²) >= 11 is 0. The third-order valence-corrected chi connectivity index (χ3v) is 3.83. The standard InChI is InChI=1S/C15H20FN3/c1-18(11-14-7-4-8-19(14)2)10-13-6-3-5-12(9-17)15(13)16/h3,5-6,14H,4,7-8,10-11H2,1-2H3. The molecule has 1 atom stereocenters. The van der Waals surface area contributed by atoms with Crippen molar-refractivity contribution >= 4 is 0 Å². The van der Waals surface area contributed by atoms with E-state index in [-0.39, 0.29) is 11.4 Å². The minimum Gasteiger partial charge on any atom is -0.302 e. The van der Waals surface area contributed by atoms with E-state index in [1.165, 1.54) is 18.9 Å². The van der Waals surface area contributed by atoms with Crippen molar-refractivity contribution in [2.75, 3.05) is 27.2 Å². The topological polar surface area (TPSA) is 30.3 Å². The van der Waals surface area contributed by atoms with E-state index in [1.54, 1.807) is 12.1 Å². The van der Waals surface area contributed by atoms with E-state index in [9.17, 15) is 4.39 Å². The Bertz CT molecular complexity index is 481. The first-order chi connectivity index (χ1) is 9.11. The van der Waals surface area contributed by atoms with Gasteiger partial charge in [0, 0.05) is 24.7 Å². The molecule has 0 saturated carbocycles. The van der Waals surface area contributed by atoms with E-state index in [4.69, 9.17) is 5.26 Å². The van der Waals surface area contributed by atoms with Crippen molar-refractivity contribution in [3.63, 3.8) is 0 Å². The Morgan fingerprint density at radius 1 is 1.53 bits per heavy atom. The van der Waals surface area contributed by atoms with Crippen LogP contribution in [-0.4, -0.2) is 43.0 Å². The minimum atomic E-state index is -0.378. The van der Waals surface area contributed by atoms with Gasteiger partial charge in [0.05, 0.1) is 5.56 Å². The summed E-state index contributed by atoms with van der Waals surface area (Å²) in [6, 6.07) is 7.46. The molecule has 1 unspecified atom stereocenters. The summed E-state index contributed by atoms with van der Waals surface area (Å²) in [5.74, 6) is -0.378. The first-order valence-corrected chi connectivity index (χ1v) is 6.68. The molecule has 19 heavy (non-hydrogen) atoms. The van der Waals surface area contributed by atoms with E-state index in [0.29, 0.717) is 18.2 Å². The second-order valence-corrected chi connectivity index (χ2v) is 5.36. The Hall–Kier alpha value is -1.44. The van der Waals surface area contributed by atoms with Crippen molar-refractivity contribution < 1.29 is 4.39 Å². The highest BCUT2D eigenvalue weighted by atomic mass is 19.1. The molecule has 0 aliphatic carbocycles. The first-order valence-electron chi connectivity index (χ1n) is 6.68. The molecule has 1 aromatic rings. The molecule has 1 aromatic carbocycles. The van der Waals surface area contributed by atoms with Gasteiger partial charge in [-0.25, -0.2) is 4.39 Å². The molecule has 0 aromatic heterocycles. The monoisotopic (exact) mass is 261 g/mol. The highest BCUT2D eigenvalue weighted by Crippen LogP contribution is 2.18. The zero-order chi connectivity index (χ0) is 13.8. The number of hydrogen-bond donors (Lipinski definition) is 0. The summed E-state index contributed by atoms with van der Waals surface area (Å²) in [6.07, 6.45) is 2.45. The largest absolute Gasteiger partial charge is 0.302 e. The fourth-order valence-corrected chi connectivity index (χ4v) is 2.71. The molecule has 0 N–H and O–H groups in total. The third kappa shape index (κ3) is 3.31. The molecule has 102 valence electrons. The van der Waals surface area contributed by atoms with Gasteiger partial charge in [0.1, 0.15) is 11.9 Å². The number of halogens is 1. The number of likely N-dealkylation sites (N-methyl/N-ethyl adjacent to an activating group) is 2. The predicted octanol–water partition coefficient (Wildman–Crippen LogP) is 2.22. The molecule has 1 fully saturated rings. The Labute approximate surface area is 114 Å². The molecule has 2 rings (SSSR count). The first kappa shape index (κ1) is 14.0. The molecule has 4 heteroatoms. The van der Waals surface area contributed by atoms with Gasteiger partial charge in [0.15, 0.2) is 0 Å². The zero-order valence-corrected chi connectivity index (χ0v) is 11.6. The van der Waals surface area contributed by atoms with Crippen LogP contribution in [0.1, 0.15) is 24.0 Å². The lowest BCUT2D eigenvalue weighted by Gasteiger charge is -2.25. The molecule has 1 saturated heterocycles. The lowest BCUT2D eigenvalue weighted by Crippen LogP contribution is -2.36. The third-order valence-electron chi connectivity index (χ3n) is 3.83. The van der Waals surface area contributed by atoms with E-state index < -0.39 is 0 Å². The molecule has 1 aliphatic rings. The van der Waals surface area contributed by atoms with Gasteiger partial charge in [-0.3, -0.25) is 0 Å². The molecule has 0 amide bonds. The zero-order valence-electron chi connectivity index (χ0n) is 11.6. The summed E-state index contributed by atoms with van der Waals surface area (Å²) in [4.78, 5) is 4.49. The Morgan fingerprint density at radius 3 is 2.95 bits per heavy atom. The van der Waals surface area contributed by atoms with Crippen LogP contribution in [0.4, 0.5) is 4.39 Å². The quantitative estimate of drug-likeness (QED) is 0.832. The number of nitriles is 1. The van der Waals surface area contributed by atoms with Crippen LogP contribution in [0.3, 0.4) is 0 Å². The molecular formula is C15H20FN3. The highest BCUT2D eigenvalue weighted by molar-refractivity contribution is 5.34. The van der Waals surface area contributed by atoms with Gasteiger partial charge in [0.2, 0.25) is 0 Å². The summed E-state index contributed by atoms with van der Waals surface area (Å²) in [6.45, 7) is 2.63. The number of benzene rings is 1. The van der Waals surface area contributed by atoms with Crippen LogP contribution in [0.15, 0.2) is 18.2 Å². The van der Waals surface area contributed by atoms with Crippen molar-refractivity contribution in [2.45, 2.75) is 25.4 Å². The molecular weight excluding hydrogens is 241 g/mol. The van der Waals surface area contributed by atoms with Gasteiger partial charge in [0.25, 0.3) is 0 Å². The van der Waals surface area contributed by atoms with Crippen molar-refractivity contribution in [1.29, 1.82) is 5.26 Å². The summed E-state index contributed by atoms with van der Waals surface area (Å²) in [5, 5.41) is 8.83. The van der Waals surface area contributed by atoms with Crippen LogP contribution < -0.4 is 0 Å². The van der Waals surface area contributed by atoms with Gasteiger partial charge < -0.3 is 9.80 Å². The summed E-state index contributed by atoms with van der Waals surface area (Å²) in [5.41, 5.74) is 0.728. The minimum absolute atomic E-state index is 0.129. The van der Waals surface area contributed by atoms with Gasteiger partial charge in [-0.2, -0.15) is 5.26 Å². The maximum atomic E-state index is 14.0. The van der Waals surface area contributed by atoms with Crippen molar-refractivity contribution in [3.8, 4) is 6.07 Å². The van der Waals surface area contributed by atoms with Crippen molar-refractivity contribution in [2.24, 2.45) is 0 Å². The smallest absolute Gasteiger partial charge is 0.145 e. The number of nitrogens with zero attached hydrogens (tertiary/aromatic N) is 3. The maximum absolute atomic E-state index is 14.0. The van der Waals surface area contributed by atoms with Gasteiger partial charge in [-0.1, -0.05) is 12.1 Å². The molecule has 1 heterocycles. The average molecular weight is 261 g/mol. The lowest BCUT2D eigenvalue weighted by molar-refractivity contribution is 0.214. The van der Waals surface area contributed by atoms with Gasteiger partial charge in [-0.15, -0.1) is 0 Å². The van der Waals surface area contributed by atoms with E-state index in [2.05, 4.69) is 16.8 Å². The second-order valence-electron chi connectivity index (χ2n) is 5.36. The van der Waals surface area contributed by atoms with Gasteiger partial charge >= 0.3 is 0 Å².